The van der Waals surface area contributed by atoms with Crippen LogP contribution in [0.15, 0.2) is 54.9 Å². The van der Waals surface area contributed by atoms with Crippen molar-refractivity contribution in [1.29, 1.82) is 0 Å². The van der Waals surface area contributed by atoms with Crippen LogP contribution in [-0.4, -0.2) is 83.7 Å². The third kappa shape index (κ3) is 6.25. The van der Waals surface area contributed by atoms with Gasteiger partial charge in [0.05, 0.1) is 44.8 Å². The van der Waals surface area contributed by atoms with E-state index in [1.807, 2.05) is 82.8 Å². The Morgan fingerprint density at radius 3 is 2.33 bits per heavy atom. The highest BCUT2D eigenvalue weighted by Crippen LogP contribution is 2.70. The summed E-state index contributed by atoms with van der Waals surface area (Å²) in [5, 5.41) is 8.69. The highest BCUT2D eigenvalue weighted by molar-refractivity contribution is 5.99. The molecule has 3 aliphatic rings. The number of benzene rings is 2. The first kappa shape index (κ1) is 35.1. The molecule has 4 aromatic rings. The van der Waals surface area contributed by atoms with Crippen LogP contribution in [0, 0.1) is 0 Å². The first-order chi connectivity index (χ1) is 24.6. The molecule has 2 aromatic heterocycles. The predicted octanol–water partition coefficient (Wildman–Crippen LogP) is 6.90. The molecule has 14 nitrogen and oxygen atoms in total. The minimum Gasteiger partial charge on any atom is -0.497 e. The molecule has 7 rings (SSSR count). The molecule has 1 saturated carbocycles. The monoisotopic (exact) mass is 711 g/mol. The number of carbonyl (C=O) groups excluding carboxylic acids is 2. The van der Waals surface area contributed by atoms with Crippen LogP contribution in [0.4, 0.5) is 32.9 Å². The average molecular weight is 712 g/mol. The van der Waals surface area contributed by atoms with E-state index < -0.39 is 28.8 Å². The number of hydrogen-bond donors (Lipinski definition) is 1. The smallest absolute Gasteiger partial charge is 0.435 e. The molecule has 1 saturated heterocycles. The van der Waals surface area contributed by atoms with Crippen molar-refractivity contribution in [3.05, 3.63) is 66.0 Å². The summed E-state index contributed by atoms with van der Waals surface area (Å²) in [6.45, 7) is 17.9. The maximum atomic E-state index is 13.7. The minimum atomic E-state index is -0.764. The summed E-state index contributed by atoms with van der Waals surface area (Å²) in [5.41, 5.74) is 1.71. The number of methoxy groups -OCH3 is 2. The summed E-state index contributed by atoms with van der Waals surface area (Å²) in [5.74, 6) is 2.33. The van der Waals surface area contributed by atoms with Crippen LogP contribution in [0.3, 0.4) is 0 Å². The van der Waals surface area contributed by atoms with Crippen LogP contribution < -0.4 is 24.6 Å². The third-order valence-electron chi connectivity index (χ3n) is 9.41. The zero-order valence-corrected chi connectivity index (χ0v) is 30.9. The van der Waals surface area contributed by atoms with E-state index in [1.165, 1.54) is 4.68 Å². The summed E-state index contributed by atoms with van der Waals surface area (Å²) >= 11 is 0. The second-order valence-electron chi connectivity index (χ2n) is 15.2. The van der Waals surface area contributed by atoms with Crippen LogP contribution in [0.1, 0.15) is 65.0 Å². The van der Waals surface area contributed by atoms with Crippen LogP contribution in [0.2, 0.25) is 0 Å². The van der Waals surface area contributed by atoms with Crippen molar-refractivity contribution in [3.63, 3.8) is 0 Å². The fourth-order valence-corrected chi connectivity index (χ4v) is 7.01. The normalized spacial score (nSPS) is 19.8. The van der Waals surface area contributed by atoms with E-state index in [4.69, 9.17) is 33.8 Å². The summed E-state index contributed by atoms with van der Waals surface area (Å²) in [6, 6.07) is 11.6. The number of morpholine rings is 1. The molecular weight excluding hydrogens is 666 g/mol. The minimum absolute atomic E-state index is 0.0703. The molecule has 1 amide bonds. The van der Waals surface area contributed by atoms with Crippen LogP contribution >= 0.6 is 0 Å². The van der Waals surface area contributed by atoms with E-state index in [1.54, 1.807) is 25.3 Å². The predicted molar refractivity (Wildman–Crippen MR) is 196 cm³/mol. The second kappa shape index (κ2) is 12.7. The molecule has 52 heavy (non-hydrogen) atoms. The molecule has 2 aliphatic heterocycles. The Morgan fingerprint density at radius 2 is 1.65 bits per heavy atom. The number of amides is 1. The number of allylic oxidation sites excluding steroid dienone is 1. The van der Waals surface area contributed by atoms with E-state index in [-0.39, 0.29) is 5.92 Å². The lowest BCUT2D eigenvalue weighted by Gasteiger charge is -2.27. The van der Waals surface area contributed by atoms with Gasteiger partial charge in [-0.3, -0.25) is 0 Å². The topological polar surface area (TPSA) is 142 Å². The molecule has 14 heteroatoms. The number of aromatic nitrogens is 4. The number of rotatable bonds is 6. The van der Waals surface area contributed by atoms with Gasteiger partial charge in [0, 0.05) is 35.5 Å². The number of carbonyl (C=O) groups is 2. The highest BCUT2D eigenvalue weighted by Gasteiger charge is 2.65. The standard InChI is InChI=1S/C38H45N7O7/c1-22-38(26-19-24(48-8)11-13-28(26)44(22)34(46)51-36(2,3)4)20-27(38)23-10-12-25-29(18-23)45(35(47)52-37(5,6)7)42-31(25)40-32-30(49-9)21-39-33(41-32)43-14-16-50-17-15-43/h10-13,18-19,21,27H,1,14-17,20H2,2-9H3,(H,39,40,41,42)/t27-,38-/m0/s1. The fraction of sp³-hybridized carbons (Fsp3) is 0.447. The Bertz CT molecular complexity index is 2080. The van der Waals surface area contributed by atoms with Crippen molar-refractivity contribution in [3.8, 4) is 11.5 Å². The summed E-state index contributed by atoms with van der Waals surface area (Å²) in [6.07, 6.45) is 1.18. The maximum absolute atomic E-state index is 13.7. The molecule has 1 spiro atoms. The lowest BCUT2D eigenvalue weighted by atomic mass is 9.90. The highest BCUT2D eigenvalue weighted by atomic mass is 16.6. The van der Waals surface area contributed by atoms with Crippen molar-refractivity contribution < 1.29 is 33.3 Å². The number of hydrogen-bond acceptors (Lipinski definition) is 12. The van der Waals surface area contributed by atoms with Gasteiger partial charge in [-0.15, -0.1) is 5.10 Å². The van der Waals surface area contributed by atoms with Gasteiger partial charge in [0.15, 0.2) is 17.4 Å². The van der Waals surface area contributed by atoms with Crippen LogP contribution in [0.25, 0.3) is 10.9 Å². The number of anilines is 4. The van der Waals surface area contributed by atoms with E-state index in [9.17, 15) is 9.59 Å². The summed E-state index contributed by atoms with van der Waals surface area (Å²) < 4.78 is 29.6. The molecular formula is C38H45N7O7. The van der Waals surface area contributed by atoms with Crippen molar-refractivity contribution in [2.24, 2.45) is 0 Å². The fourth-order valence-electron chi connectivity index (χ4n) is 7.01. The molecule has 274 valence electrons. The van der Waals surface area contributed by atoms with Gasteiger partial charge in [-0.25, -0.2) is 19.5 Å². The number of nitrogens with one attached hydrogen (secondary N) is 1. The summed E-state index contributed by atoms with van der Waals surface area (Å²) in [4.78, 5) is 40.1. The van der Waals surface area contributed by atoms with E-state index in [0.717, 1.165) is 11.1 Å². The van der Waals surface area contributed by atoms with Crippen molar-refractivity contribution in [1.82, 2.24) is 19.7 Å². The quantitative estimate of drug-likeness (QED) is 0.222. The van der Waals surface area contributed by atoms with Gasteiger partial charge in [0.25, 0.3) is 0 Å². The largest absolute Gasteiger partial charge is 0.497 e. The third-order valence-corrected chi connectivity index (χ3v) is 9.41. The lowest BCUT2D eigenvalue weighted by Crippen LogP contribution is -2.37. The molecule has 1 aliphatic carbocycles. The second-order valence-corrected chi connectivity index (χ2v) is 15.2. The lowest BCUT2D eigenvalue weighted by molar-refractivity contribution is 0.0521. The Morgan fingerprint density at radius 1 is 0.942 bits per heavy atom. The first-order valence-electron chi connectivity index (χ1n) is 17.3. The van der Waals surface area contributed by atoms with Gasteiger partial charge >= 0.3 is 12.2 Å². The van der Waals surface area contributed by atoms with Crippen molar-refractivity contribution in [2.45, 2.75) is 70.5 Å². The van der Waals surface area contributed by atoms with E-state index in [2.05, 4.69) is 16.9 Å². The zero-order valence-electron chi connectivity index (χ0n) is 30.9. The van der Waals surface area contributed by atoms with Gasteiger partial charge in [-0.05, 0) is 89.4 Å². The van der Waals surface area contributed by atoms with Crippen LogP contribution in [0.5, 0.6) is 11.5 Å². The van der Waals surface area contributed by atoms with Gasteiger partial charge in [0.2, 0.25) is 5.95 Å². The Kier molecular flexibility index (Phi) is 8.55. The molecule has 0 radical (unpaired) electrons. The number of fused-ring (bicyclic) bond motifs is 3. The Hall–Kier alpha value is -5.37. The zero-order chi connectivity index (χ0) is 37.2. The molecule has 0 bridgehead atoms. The number of ether oxygens (including phenoxy) is 5. The van der Waals surface area contributed by atoms with E-state index in [0.29, 0.717) is 84.1 Å². The number of nitrogens with zero attached hydrogens (tertiary/aromatic N) is 6. The van der Waals surface area contributed by atoms with Gasteiger partial charge in [0.1, 0.15) is 17.0 Å². The van der Waals surface area contributed by atoms with E-state index >= 15 is 0 Å². The Labute approximate surface area is 302 Å². The molecule has 1 N–H and O–H groups in total. The van der Waals surface area contributed by atoms with Gasteiger partial charge in [-0.1, -0.05) is 12.6 Å². The first-order valence-corrected chi connectivity index (χ1v) is 17.3. The molecule has 4 heterocycles. The Balaban J connectivity index is 1.29. The molecule has 2 aromatic carbocycles. The van der Waals surface area contributed by atoms with Gasteiger partial charge in [-0.2, -0.15) is 9.67 Å². The van der Waals surface area contributed by atoms with Crippen LogP contribution in [-0.2, 0) is 19.6 Å². The molecule has 0 unspecified atom stereocenters. The van der Waals surface area contributed by atoms with Crippen molar-refractivity contribution >= 4 is 46.4 Å². The maximum Gasteiger partial charge on any atom is 0.435 e. The van der Waals surface area contributed by atoms with Crippen molar-refractivity contribution in [2.75, 3.05) is 55.6 Å². The molecule has 2 fully saturated rings. The average Bonchev–Trinajstić information content (AvgIpc) is 3.68. The SMILES string of the molecule is C=C1N(C(=O)OC(C)(C)C)c2ccc(OC)cc2[C@]12C[C@H]2c1ccc2c(Nc3nc(N4CCOCC4)ncc3OC)nn(C(=O)OC(C)(C)C)c2c1. The summed E-state index contributed by atoms with van der Waals surface area (Å²) in [7, 11) is 3.16. The molecule has 2 atom stereocenters. The van der Waals surface area contributed by atoms with Gasteiger partial charge < -0.3 is 33.9 Å².